The summed E-state index contributed by atoms with van der Waals surface area (Å²) in [5.41, 5.74) is -0.819. The van der Waals surface area contributed by atoms with Crippen LogP contribution in [-0.2, 0) is 21.7 Å². The first-order valence-corrected chi connectivity index (χ1v) is 9.15. The fourth-order valence-corrected chi connectivity index (χ4v) is 3.84. The fraction of sp³-hybridized carbons (Fsp3) is 0.400. The molecule has 4 rings (SSSR count). The lowest BCUT2D eigenvalue weighted by Crippen LogP contribution is -2.70. The molecule has 4 N–H and O–H groups in total. The van der Waals surface area contributed by atoms with Gasteiger partial charge in [-0.1, -0.05) is 29.8 Å². The van der Waals surface area contributed by atoms with Gasteiger partial charge in [0.2, 0.25) is 11.6 Å². The van der Waals surface area contributed by atoms with Crippen LogP contribution in [0.25, 0.3) is 0 Å². The van der Waals surface area contributed by atoms with E-state index in [1.165, 1.54) is 18.2 Å². The molecule has 2 aliphatic rings. The van der Waals surface area contributed by atoms with Gasteiger partial charge in [-0.2, -0.15) is 0 Å². The second-order valence-corrected chi connectivity index (χ2v) is 7.93. The van der Waals surface area contributed by atoms with E-state index >= 15 is 0 Å². The first-order chi connectivity index (χ1) is 13.1. The second kappa shape index (κ2) is 6.47. The Hall–Kier alpha value is -1.58. The maximum Gasteiger partial charge on any atom is 0.227 e. The predicted molar refractivity (Wildman–Crippen MR) is 97.0 cm³/mol. The molecule has 150 valence electrons. The normalized spacial score (nSPS) is 37.2. The lowest BCUT2D eigenvalue weighted by Gasteiger charge is -2.49. The van der Waals surface area contributed by atoms with Crippen molar-refractivity contribution >= 4 is 11.6 Å². The van der Waals surface area contributed by atoms with E-state index in [4.69, 9.17) is 21.1 Å². The molecule has 8 heteroatoms. The van der Waals surface area contributed by atoms with Gasteiger partial charge in [-0.15, -0.1) is 0 Å². The van der Waals surface area contributed by atoms with Crippen LogP contribution in [0.5, 0.6) is 0 Å². The number of rotatable bonds is 3. The smallest absolute Gasteiger partial charge is 0.227 e. The third kappa shape index (κ3) is 2.78. The number of fused-ring (bicyclic) bond motifs is 2. The van der Waals surface area contributed by atoms with Crippen LogP contribution < -0.4 is 0 Å². The summed E-state index contributed by atoms with van der Waals surface area (Å²) < 4.78 is 25.5. The van der Waals surface area contributed by atoms with Crippen molar-refractivity contribution < 1.29 is 34.3 Å². The minimum Gasteiger partial charge on any atom is -0.387 e. The van der Waals surface area contributed by atoms with Gasteiger partial charge in [-0.3, -0.25) is 0 Å². The van der Waals surface area contributed by atoms with Crippen LogP contribution in [-0.4, -0.2) is 50.6 Å². The molecule has 5 atom stereocenters. The molecule has 2 aromatic rings. The Labute approximate surface area is 165 Å². The highest BCUT2D eigenvalue weighted by Gasteiger charge is 2.72. The quantitative estimate of drug-likeness (QED) is 0.611. The number of ether oxygens (including phenoxy) is 2. The minimum absolute atomic E-state index is 0.218. The average molecular weight is 411 g/mol. The van der Waals surface area contributed by atoms with E-state index in [0.29, 0.717) is 10.6 Å². The molecular weight excluding hydrogens is 391 g/mol. The van der Waals surface area contributed by atoms with E-state index in [1.54, 1.807) is 24.3 Å². The van der Waals surface area contributed by atoms with E-state index in [2.05, 4.69) is 0 Å². The molecule has 2 bridgehead atoms. The minimum atomic E-state index is -2.23. The highest BCUT2D eigenvalue weighted by molar-refractivity contribution is 6.30. The largest absolute Gasteiger partial charge is 0.387 e. The lowest BCUT2D eigenvalue weighted by atomic mass is 9.80. The Morgan fingerprint density at radius 1 is 1.11 bits per heavy atom. The van der Waals surface area contributed by atoms with Crippen molar-refractivity contribution in [2.75, 3.05) is 6.61 Å². The number of benzene rings is 2. The zero-order valence-corrected chi connectivity index (χ0v) is 15.7. The molecule has 2 saturated heterocycles. The average Bonchev–Trinajstić information content (AvgIpc) is 3.02. The molecule has 2 heterocycles. The summed E-state index contributed by atoms with van der Waals surface area (Å²) in [7, 11) is 0. The van der Waals surface area contributed by atoms with Gasteiger partial charge in [0.25, 0.3) is 0 Å². The third-order valence-electron chi connectivity index (χ3n) is 5.61. The van der Waals surface area contributed by atoms with Crippen molar-refractivity contribution in [2.24, 2.45) is 0 Å². The zero-order chi connectivity index (χ0) is 20.3. The van der Waals surface area contributed by atoms with Crippen LogP contribution in [0.4, 0.5) is 4.39 Å². The summed E-state index contributed by atoms with van der Waals surface area (Å²) in [5, 5.41) is 42.5. The summed E-state index contributed by atoms with van der Waals surface area (Å²) in [6.07, 6.45) is -3.22. The summed E-state index contributed by atoms with van der Waals surface area (Å²) >= 11 is 5.88. The number of hydrogen-bond acceptors (Lipinski definition) is 6. The van der Waals surface area contributed by atoms with Gasteiger partial charge in [0, 0.05) is 17.0 Å². The molecule has 2 aromatic carbocycles. The van der Waals surface area contributed by atoms with Gasteiger partial charge in [0.05, 0.1) is 0 Å². The van der Waals surface area contributed by atoms with E-state index in [-0.39, 0.29) is 12.0 Å². The van der Waals surface area contributed by atoms with Crippen LogP contribution >= 0.6 is 11.6 Å². The highest BCUT2D eigenvalue weighted by Crippen LogP contribution is 2.52. The first kappa shape index (κ1) is 19.7. The van der Waals surface area contributed by atoms with Gasteiger partial charge in [-0.25, -0.2) is 4.39 Å². The Morgan fingerprint density at radius 3 is 2.46 bits per heavy atom. The molecule has 0 amide bonds. The monoisotopic (exact) mass is 410 g/mol. The summed E-state index contributed by atoms with van der Waals surface area (Å²) in [4.78, 5) is 0. The Bertz CT molecular complexity index is 904. The second-order valence-electron chi connectivity index (χ2n) is 7.49. The molecule has 0 unspecified atom stereocenters. The van der Waals surface area contributed by atoms with Crippen LogP contribution in [0.1, 0.15) is 23.6 Å². The standard InChI is InChI=1S/C20H20ClFO6/c1-18(25)16(23)17(24)20(27-10-19(18,26)28-20)13-4-7-15(22)12(9-13)8-11-2-5-14(21)6-3-11/h2-7,9,16-17,23-26H,8,10H2,1H3/t16-,17-,18-,19-,20-/m0/s1. The van der Waals surface area contributed by atoms with Crippen molar-refractivity contribution in [3.8, 4) is 0 Å². The number of aliphatic hydroxyl groups is 4. The van der Waals surface area contributed by atoms with Crippen molar-refractivity contribution in [3.63, 3.8) is 0 Å². The lowest BCUT2D eigenvalue weighted by molar-refractivity contribution is -0.397. The highest BCUT2D eigenvalue weighted by atomic mass is 35.5. The predicted octanol–water partition coefficient (Wildman–Crippen LogP) is 1.44. The topological polar surface area (TPSA) is 99.4 Å². The summed E-state index contributed by atoms with van der Waals surface area (Å²) in [6, 6.07) is 10.9. The van der Waals surface area contributed by atoms with E-state index in [0.717, 1.165) is 12.5 Å². The molecule has 0 aromatic heterocycles. The zero-order valence-electron chi connectivity index (χ0n) is 15.0. The fourth-order valence-electron chi connectivity index (χ4n) is 3.72. The number of aliphatic hydroxyl groups excluding tert-OH is 2. The van der Waals surface area contributed by atoms with Gasteiger partial charge in [0.1, 0.15) is 30.2 Å². The van der Waals surface area contributed by atoms with Crippen molar-refractivity contribution in [2.45, 2.75) is 42.7 Å². The molecule has 2 aliphatic heterocycles. The SMILES string of the molecule is C[C@]1(O)[C@@H](O)[C@H](O)[C@@]2(c3ccc(F)c(Cc4ccc(Cl)cc4)c3)OC[C@]1(O)O2. The first-order valence-electron chi connectivity index (χ1n) is 8.77. The Morgan fingerprint density at radius 2 is 1.79 bits per heavy atom. The van der Waals surface area contributed by atoms with Crippen molar-refractivity contribution in [1.82, 2.24) is 0 Å². The van der Waals surface area contributed by atoms with Crippen LogP contribution in [0, 0.1) is 5.82 Å². The third-order valence-corrected chi connectivity index (χ3v) is 5.87. The summed E-state index contributed by atoms with van der Waals surface area (Å²) in [5.74, 6) is -4.63. The number of hydrogen-bond donors (Lipinski definition) is 4. The van der Waals surface area contributed by atoms with E-state index in [9.17, 15) is 24.8 Å². The van der Waals surface area contributed by atoms with E-state index < -0.39 is 41.8 Å². The summed E-state index contributed by atoms with van der Waals surface area (Å²) in [6.45, 7) is 0.675. The number of halogens is 2. The Kier molecular flexibility index (Phi) is 4.55. The van der Waals surface area contributed by atoms with Gasteiger partial charge < -0.3 is 29.9 Å². The molecule has 0 spiro atoms. The molecule has 0 radical (unpaired) electrons. The molecule has 2 fully saturated rings. The molecule has 0 saturated carbocycles. The van der Waals surface area contributed by atoms with Gasteiger partial charge in [0.15, 0.2) is 0 Å². The Balaban J connectivity index is 1.73. The molecule has 28 heavy (non-hydrogen) atoms. The van der Waals surface area contributed by atoms with Crippen LogP contribution in [0.2, 0.25) is 5.02 Å². The van der Waals surface area contributed by atoms with Gasteiger partial charge in [-0.05, 0) is 42.3 Å². The maximum atomic E-state index is 14.4. The molecule has 0 aliphatic carbocycles. The maximum absolute atomic E-state index is 14.4. The van der Waals surface area contributed by atoms with Gasteiger partial charge >= 0.3 is 0 Å². The van der Waals surface area contributed by atoms with Crippen LogP contribution in [0.3, 0.4) is 0 Å². The van der Waals surface area contributed by atoms with Crippen LogP contribution in [0.15, 0.2) is 42.5 Å². The molecular formula is C20H20ClFO6. The molecule has 6 nitrogen and oxygen atoms in total. The van der Waals surface area contributed by atoms with E-state index in [1.807, 2.05) is 0 Å². The van der Waals surface area contributed by atoms with Crippen molar-refractivity contribution in [3.05, 3.63) is 70.0 Å². The van der Waals surface area contributed by atoms with Crippen molar-refractivity contribution in [1.29, 1.82) is 0 Å².